The fraction of sp³-hybridized carbons (Fsp3) is 0.550. The zero-order valence-corrected chi connectivity index (χ0v) is 15.9. The molecule has 1 aromatic rings. The Bertz CT molecular complexity index is 671. The Balaban J connectivity index is 1.41. The summed E-state index contributed by atoms with van der Waals surface area (Å²) in [6.07, 6.45) is 0.522. The van der Waals surface area contributed by atoms with Gasteiger partial charge in [-0.15, -0.1) is 0 Å². The van der Waals surface area contributed by atoms with E-state index in [0.717, 1.165) is 38.4 Å². The quantitative estimate of drug-likeness (QED) is 0.798. The maximum absolute atomic E-state index is 12.4. The van der Waals surface area contributed by atoms with Gasteiger partial charge in [0.2, 0.25) is 17.7 Å². The van der Waals surface area contributed by atoms with Gasteiger partial charge < -0.3 is 20.0 Å². The fourth-order valence-electron chi connectivity index (χ4n) is 3.65. The smallest absolute Gasteiger partial charge is 0.227 e. The largest absolute Gasteiger partial charge is 0.355 e. The Kier molecular flexibility index (Phi) is 6.45. The molecule has 7 nitrogen and oxygen atoms in total. The monoisotopic (exact) mass is 372 g/mol. The molecule has 1 unspecified atom stereocenters. The Morgan fingerprint density at radius 3 is 2.48 bits per heavy atom. The Hall–Kier alpha value is -2.41. The van der Waals surface area contributed by atoms with E-state index in [4.69, 9.17) is 0 Å². The Morgan fingerprint density at radius 2 is 1.81 bits per heavy atom. The minimum Gasteiger partial charge on any atom is -0.355 e. The van der Waals surface area contributed by atoms with Crippen molar-refractivity contribution >= 4 is 23.4 Å². The van der Waals surface area contributed by atoms with E-state index < -0.39 is 0 Å². The van der Waals surface area contributed by atoms with Gasteiger partial charge in [0.25, 0.3) is 0 Å². The highest BCUT2D eigenvalue weighted by Gasteiger charge is 2.35. The average Bonchev–Trinajstić information content (AvgIpc) is 3.10. The predicted molar refractivity (Wildman–Crippen MR) is 103 cm³/mol. The van der Waals surface area contributed by atoms with Crippen molar-refractivity contribution in [2.45, 2.75) is 19.8 Å². The summed E-state index contributed by atoms with van der Waals surface area (Å²) >= 11 is 0. The Morgan fingerprint density at radius 1 is 1.11 bits per heavy atom. The van der Waals surface area contributed by atoms with Crippen molar-refractivity contribution in [2.24, 2.45) is 5.92 Å². The fourth-order valence-corrected chi connectivity index (χ4v) is 3.65. The van der Waals surface area contributed by atoms with Crippen LogP contribution in [0.15, 0.2) is 30.3 Å². The summed E-state index contributed by atoms with van der Waals surface area (Å²) < 4.78 is 0. The van der Waals surface area contributed by atoms with Gasteiger partial charge >= 0.3 is 0 Å². The van der Waals surface area contributed by atoms with Gasteiger partial charge in [-0.05, 0) is 18.7 Å². The van der Waals surface area contributed by atoms with E-state index >= 15 is 0 Å². The van der Waals surface area contributed by atoms with Crippen molar-refractivity contribution in [1.82, 2.24) is 15.1 Å². The first-order chi connectivity index (χ1) is 13.1. The van der Waals surface area contributed by atoms with E-state index in [1.165, 1.54) is 0 Å². The molecule has 1 atom stereocenters. The first kappa shape index (κ1) is 19.4. The number of carbonyl (C=O) groups excluding carboxylic acids is 3. The lowest BCUT2D eigenvalue weighted by Gasteiger charge is -2.34. The molecule has 146 valence electrons. The molecule has 3 rings (SSSR count). The summed E-state index contributed by atoms with van der Waals surface area (Å²) in [7, 11) is 0. The number of nitrogens with zero attached hydrogens (tertiary/aromatic N) is 3. The lowest BCUT2D eigenvalue weighted by molar-refractivity contribution is -0.133. The van der Waals surface area contributed by atoms with Crippen molar-refractivity contribution in [3.05, 3.63) is 30.3 Å². The number of likely N-dealkylation sites (N-methyl/N-ethyl adjacent to an activating group) is 1. The Labute approximate surface area is 160 Å². The van der Waals surface area contributed by atoms with E-state index in [2.05, 4.69) is 17.1 Å². The number of piperazine rings is 1. The predicted octanol–water partition coefficient (Wildman–Crippen LogP) is 0.710. The SMILES string of the molecule is CCN1CCN(C(=O)CCNC(=O)C2CC(=O)N(c3ccccc3)C2)CC1. The number of para-hydroxylation sites is 1. The molecule has 2 saturated heterocycles. The minimum absolute atomic E-state index is 0.0359. The molecule has 1 N–H and O–H groups in total. The van der Waals surface area contributed by atoms with Gasteiger partial charge in [-0.3, -0.25) is 14.4 Å². The third-order valence-electron chi connectivity index (χ3n) is 5.37. The van der Waals surface area contributed by atoms with Crippen LogP contribution in [0.25, 0.3) is 0 Å². The molecular formula is C20H28N4O3. The van der Waals surface area contributed by atoms with E-state index in [9.17, 15) is 14.4 Å². The highest BCUT2D eigenvalue weighted by atomic mass is 16.2. The van der Waals surface area contributed by atoms with Crippen LogP contribution in [0.5, 0.6) is 0 Å². The zero-order valence-electron chi connectivity index (χ0n) is 15.9. The molecule has 3 amide bonds. The summed E-state index contributed by atoms with van der Waals surface area (Å²) in [6.45, 7) is 7.18. The minimum atomic E-state index is -0.360. The third kappa shape index (κ3) is 4.86. The second-order valence-electron chi connectivity index (χ2n) is 7.10. The van der Waals surface area contributed by atoms with Crippen LogP contribution < -0.4 is 10.2 Å². The van der Waals surface area contributed by atoms with E-state index in [0.29, 0.717) is 19.5 Å². The normalized spacial score (nSPS) is 20.8. The number of amides is 3. The standard InChI is InChI=1S/C20H28N4O3/c1-2-22-10-12-23(13-11-22)18(25)8-9-21-20(27)16-14-19(26)24(15-16)17-6-4-3-5-7-17/h3-7,16H,2,8-15H2,1H3,(H,21,27). The first-order valence-corrected chi connectivity index (χ1v) is 9.71. The molecule has 2 aliphatic heterocycles. The first-order valence-electron chi connectivity index (χ1n) is 9.71. The molecule has 0 saturated carbocycles. The molecule has 0 bridgehead atoms. The van der Waals surface area contributed by atoms with Crippen LogP contribution in [0.2, 0.25) is 0 Å². The van der Waals surface area contributed by atoms with Gasteiger partial charge in [0.05, 0.1) is 5.92 Å². The van der Waals surface area contributed by atoms with Gasteiger partial charge in [-0.1, -0.05) is 25.1 Å². The van der Waals surface area contributed by atoms with Crippen LogP contribution in [0.3, 0.4) is 0 Å². The van der Waals surface area contributed by atoms with E-state index in [1.54, 1.807) is 4.90 Å². The van der Waals surface area contributed by atoms with Crippen LogP contribution in [0, 0.1) is 5.92 Å². The number of benzene rings is 1. The highest BCUT2D eigenvalue weighted by Crippen LogP contribution is 2.24. The lowest BCUT2D eigenvalue weighted by Crippen LogP contribution is -2.49. The molecule has 2 fully saturated rings. The molecular weight excluding hydrogens is 344 g/mol. The average molecular weight is 372 g/mol. The molecule has 0 aliphatic carbocycles. The highest BCUT2D eigenvalue weighted by molar-refractivity contribution is 6.00. The number of nitrogens with one attached hydrogen (secondary N) is 1. The van der Waals surface area contributed by atoms with Crippen LogP contribution in [0.1, 0.15) is 19.8 Å². The number of hydrogen-bond donors (Lipinski definition) is 1. The van der Waals surface area contributed by atoms with Crippen LogP contribution in [-0.2, 0) is 14.4 Å². The zero-order chi connectivity index (χ0) is 19.2. The number of rotatable bonds is 6. The lowest BCUT2D eigenvalue weighted by atomic mass is 10.1. The number of hydrogen-bond acceptors (Lipinski definition) is 4. The summed E-state index contributed by atoms with van der Waals surface area (Å²) in [4.78, 5) is 42.7. The van der Waals surface area contributed by atoms with Gasteiger partial charge in [0.15, 0.2) is 0 Å². The maximum atomic E-state index is 12.4. The van der Waals surface area contributed by atoms with Gasteiger partial charge in [0.1, 0.15) is 0 Å². The summed E-state index contributed by atoms with van der Waals surface area (Å²) in [5.74, 6) is -0.461. The van der Waals surface area contributed by atoms with Crippen LogP contribution in [0.4, 0.5) is 5.69 Å². The van der Waals surface area contributed by atoms with Crippen molar-refractivity contribution < 1.29 is 14.4 Å². The van der Waals surface area contributed by atoms with Crippen molar-refractivity contribution in [2.75, 3.05) is 50.7 Å². The van der Waals surface area contributed by atoms with Crippen LogP contribution >= 0.6 is 0 Å². The molecule has 2 aliphatic rings. The molecule has 27 heavy (non-hydrogen) atoms. The van der Waals surface area contributed by atoms with Gasteiger partial charge in [-0.25, -0.2) is 0 Å². The molecule has 2 heterocycles. The second-order valence-corrected chi connectivity index (χ2v) is 7.10. The van der Waals surface area contributed by atoms with Crippen LogP contribution in [-0.4, -0.2) is 73.3 Å². The van der Waals surface area contributed by atoms with Gasteiger partial charge in [-0.2, -0.15) is 0 Å². The summed E-state index contributed by atoms with van der Waals surface area (Å²) in [6, 6.07) is 9.39. The topological polar surface area (TPSA) is 73.0 Å². The van der Waals surface area contributed by atoms with E-state index in [-0.39, 0.29) is 30.1 Å². The molecule has 7 heteroatoms. The molecule has 1 aromatic carbocycles. The molecule has 0 radical (unpaired) electrons. The van der Waals surface area contributed by atoms with Crippen molar-refractivity contribution in [1.29, 1.82) is 0 Å². The number of anilines is 1. The molecule has 0 spiro atoms. The summed E-state index contributed by atoms with van der Waals surface area (Å²) in [5, 5.41) is 2.83. The van der Waals surface area contributed by atoms with Crippen molar-refractivity contribution in [3.63, 3.8) is 0 Å². The van der Waals surface area contributed by atoms with Crippen molar-refractivity contribution in [3.8, 4) is 0 Å². The third-order valence-corrected chi connectivity index (χ3v) is 5.37. The summed E-state index contributed by atoms with van der Waals surface area (Å²) in [5.41, 5.74) is 0.819. The van der Waals surface area contributed by atoms with E-state index in [1.807, 2.05) is 35.2 Å². The van der Waals surface area contributed by atoms with Gasteiger partial charge in [0, 0.05) is 57.8 Å². The second kappa shape index (κ2) is 8.99. The maximum Gasteiger partial charge on any atom is 0.227 e. The molecule has 0 aromatic heterocycles. The number of carbonyl (C=O) groups is 3.